The fourth-order valence-corrected chi connectivity index (χ4v) is 0.812. The lowest BCUT2D eigenvalue weighted by Crippen LogP contribution is -2.21. The summed E-state index contributed by atoms with van der Waals surface area (Å²) in [6.07, 6.45) is 1.28. The lowest BCUT2D eigenvalue weighted by atomic mass is 10.7. The first-order valence-electron chi connectivity index (χ1n) is 2.23. The van der Waals surface area contributed by atoms with Crippen molar-refractivity contribution in [1.82, 2.24) is 4.72 Å². The van der Waals surface area contributed by atoms with Crippen molar-refractivity contribution in [2.45, 2.75) is 0 Å². The highest BCUT2D eigenvalue weighted by molar-refractivity contribution is 7.89. The van der Waals surface area contributed by atoms with E-state index in [1.54, 1.807) is 0 Å². The molecule has 0 aliphatic heterocycles. The van der Waals surface area contributed by atoms with Crippen molar-refractivity contribution in [1.29, 1.82) is 4.78 Å². The number of hydrogen-bond acceptors (Lipinski definition) is 2. The highest BCUT2D eigenvalue weighted by Crippen LogP contribution is 1.92. The summed E-state index contributed by atoms with van der Waals surface area (Å²) in [4.78, 5) is 0. The first-order valence-corrected chi connectivity index (χ1v) is 4.58. The molecule has 0 aliphatic carbocycles. The van der Waals surface area contributed by atoms with E-state index in [2.05, 4.69) is 11.3 Å². The summed E-state index contributed by atoms with van der Waals surface area (Å²) in [5.41, 5.74) is 0. The Bertz CT molecular complexity index is 197. The molecule has 0 heterocycles. The van der Waals surface area contributed by atoms with Crippen molar-refractivity contribution in [2.24, 2.45) is 0 Å². The van der Waals surface area contributed by atoms with E-state index >= 15 is 0 Å². The second kappa shape index (κ2) is 3.20. The van der Waals surface area contributed by atoms with Gasteiger partial charge in [0.2, 0.25) is 0 Å². The molecule has 0 saturated heterocycles. The van der Waals surface area contributed by atoms with Crippen LogP contribution in [0.25, 0.3) is 0 Å². The lowest BCUT2D eigenvalue weighted by molar-refractivity contribution is 0.670. The Morgan fingerprint density at radius 2 is 2.44 bits per heavy atom. The van der Waals surface area contributed by atoms with E-state index in [-0.39, 0.29) is 6.54 Å². The van der Waals surface area contributed by atoms with E-state index in [0.717, 1.165) is 0 Å². The standard InChI is InChI=1S/C4H9ClN2OS/c1-4(5)3-7-9(2,6)8/h1,3H2,2H3,(H2,6,7,8). The Hall–Kier alpha value is -0.0600. The molecule has 0 aromatic heterocycles. The molecule has 3 nitrogen and oxygen atoms in total. The molecule has 2 N–H and O–H groups in total. The van der Waals surface area contributed by atoms with E-state index in [9.17, 15) is 4.21 Å². The highest BCUT2D eigenvalue weighted by atomic mass is 35.5. The van der Waals surface area contributed by atoms with Gasteiger partial charge in [-0.3, -0.25) is 0 Å². The molecule has 1 unspecified atom stereocenters. The van der Waals surface area contributed by atoms with Crippen LogP contribution in [-0.4, -0.2) is 17.0 Å². The minimum Gasteiger partial charge on any atom is -0.241 e. The molecule has 5 heteroatoms. The predicted octanol–water partition coefficient (Wildman–Crippen LogP) is 0.920. The van der Waals surface area contributed by atoms with Gasteiger partial charge in [-0.1, -0.05) is 18.2 Å². The molecule has 0 spiro atoms. The lowest BCUT2D eigenvalue weighted by Gasteiger charge is -2.00. The van der Waals surface area contributed by atoms with Crippen molar-refractivity contribution >= 4 is 21.5 Å². The summed E-state index contributed by atoms with van der Waals surface area (Å²) >= 11 is 5.32. The maximum atomic E-state index is 10.5. The average molecular weight is 169 g/mol. The largest absolute Gasteiger partial charge is 0.241 e. The van der Waals surface area contributed by atoms with Crippen LogP contribution in [0.1, 0.15) is 0 Å². The molecule has 1 atom stereocenters. The number of halogens is 1. The zero-order valence-corrected chi connectivity index (χ0v) is 6.68. The fourth-order valence-electron chi connectivity index (χ4n) is 0.216. The zero-order chi connectivity index (χ0) is 7.49. The molecule has 0 aromatic carbocycles. The van der Waals surface area contributed by atoms with Crippen molar-refractivity contribution in [3.63, 3.8) is 0 Å². The Morgan fingerprint density at radius 1 is 2.00 bits per heavy atom. The SMILES string of the molecule is C=C(Cl)CNS(C)(=N)=O. The van der Waals surface area contributed by atoms with Crippen LogP contribution >= 0.6 is 11.6 Å². The topological polar surface area (TPSA) is 53.0 Å². The van der Waals surface area contributed by atoms with Gasteiger partial charge in [0.05, 0.1) is 0 Å². The Morgan fingerprint density at radius 3 is 2.56 bits per heavy atom. The van der Waals surface area contributed by atoms with Crippen LogP contribution in [0.5, 0.6) is 0 Å². The van der Waals surface area contributed by atoms with Gasteiger partial charge in [-0.15, -0.1) is 0 Å². The summed E-state index contributed by atoms with van der Waals surface area (Å²) in [7, 11) is -2.61. The minimum absolute atomic E-state index is 0.223. The fraction of sp³-hybridized carbons (Fsp3) is 0.500. The van der Waals surface area contributed by atoms with Gasteiger partial charge in [-0.25, -0.2) is 13.7 Å². The second-order valence-electron chi connectivity index (χ2n) is 1.68. The van der Waals surface area contributed by atoms with E-state index in [4.69, 9.17) is 16.4 Å². The van der Waals surface area contributed by atoms with E-state index in [1.807, 2.05) is 0 Å². The molecule has 0 amide bonds. The summed E-state index contributed by atoms with van der Waals surface area (Å²) in [6.45, 7) is 3.57. The van der Waals surface area contributed by atoms with Crippen molar-refractivity contribution in [3.05, 3.63) is 11.6 Å². The normalized spacial score (nSPS) is 16.7. The van der Waals surface area contributed by atoms with Gasteiger partial charge < -0.3 is 0 Å². The third kappa shape index (κ3) is 7.94. The van der Waals surface area contributed by atoms with E-state index < -0.39 is 9.92 Å². The number of hydrogen-bond donors (Lipinski definition) is 2. The molecule has 0 radical (unpaired) electrons. The molecule has 0 bridgehead atoms. The average Bonchev–Trinajstić information content (AvgIpc) is 1.59. The van der Waals surface area contributed by atoms with Crippen LogP contribution in [0, 0.1) is 4.78 Å². The summed E-state index contributed by atoms with van der Waals surface area (Å²) < 4.78 is 19.8. The summed E-state index contributed by atoms with van der Waals surface area (Å²) in [6, 6.07) is 0. The van der Waals surface area contributed by atoms with Gasteiger partial charge in [-0.05, 0) is 0 Å². The molecule has 0 aromatic rings. The van der Waals surface area contributed by atoms with Gasteiger partial charge in [0, 0.05) is 17.8 Å². The van der Waals surface area contributed by atoms with Crippen LogP contribution in [0.4, 0.5) is 0 Å². The first kappa shape index (κ1) is 8.94. The van der Waals surface area contributed by atoms with Crippen molar-refractivity contribution in [3.8, 4) is 0 Å². The molecular formula is C4H9ClN2OS. The third-order valence-corrected chi connectivity index (χ3v) is 1.37. The smallest absolute Gasteiger partial charge is 0.102 e. The van der Waals surface area contributed by atoms with Crippen molar-refractivity contribution in [2.75, 3.05) is 12.8 Å². The van der Waals surface area contributed by atoms with Gasteiger partial charge >= 0.3 is 0 Å². The molecule has 0 rings (SSSR count). The summed E-state index contributed by atoms with van der Waals surface area (Å²) in [5, 5.41) is 0.358. The molecule has 54 valence electrons. The highest BCUT2D eigenvalue weighted by Gasteiger charge is 1.94. The van der Waals surface area contributed by atoms with Gasteiger partial charge in [0.1, 0.15) is 9.92 Å². The predicted molar refractivity (Wildman–Crippen MR) is 39.8 cm³/mol. The number of nitrogens with one attached hydrogen (secondary N) is 2. The molecule has 9 heavy (non-hydrogen) atoms. The Balaban J connectivity index is 3.67. The van der Waals surface area contributed by atoms with Crippen molar-refractivity contribution < 1.29 is 4.21 Å². The van der Waals surface area contributed by atoms with Gasteiger partial charge in [0.15, 0.2) is 0 Å². The number of rotatable bonds is 3. The Labute approximate surface area is 60.2 Å². The molecule has 0 saturated carbocycles. The van der Waals surface area contributed by atoms with Crippen LogP contribution in [0.15, 0.2) is 11.6 Å². The quantitative estimate of drug-likeness (QED) is 0.647. The maximum Gasteiger partial charge on any atom is 0.102 e. The maximum absolute atomic E-state index is 10.5. The van der Waals surface area contributed by atoms with E-state index in [1.165, 1.54) is 6.26 Å². The molecule has 0 aliphatic rings. The van der Waals surface area contributed by atoms with Crippen LogP contribution < -0.4 is 4.72 Å². The van der Waals surface area contributed by atoms with Crippen LogP contribution in [0.2, 0.25) is 0 Å². The van der Waals surface area contributed by atoms with Crippen LogP contribution in [-0.2, 0) is 9.92 Å². The minimum atomic E-state index is -2.61. The Kier molecular flexibility index (Phi) is 3.17. The van der Waals surface area contributed by atoms with Gasteiger partial charge in [-0.2, -0.15) is 0 Å². The van der Waals surface area contributed by atoms with E-state index in [0.29, 0.717) is 5.03 Å². The summed E-state index contributed by atoms with van der Waals surface area (Å²) in [5.74, 6) is 0. The van der Waals surface area contributed by atoms with Crippen LogP contribution in [0.3, 0.4) is 0 Å². The zero-order valence-electron chi connectivity index (χ0n) is 5.11. The second-order valence-corrected chi connectivity index (χ2v) is 4.19. The third-order valence-electron chi connectivity index (χ3n) is 0.539. The monoisotopic (exact) mass is 168 g/mol. The molecular weight excluding hydrogens is 160 g/mol. The first-order chi connectivity index (χ1) is 3.92. The van der Waals surface area contributed by atoms with Gasteiger partial charge in [0.25, 0.3) is 0 Å². The molecule has 0 fully saturated rings.